The van der Waals surface area contributed by atoms with Crippen molar-refractivity contribution in [2.24, 2.45) is 13.0 Å². The van der Waals surface area contributed by atoms with Gasteiger partial charge in [-0.15, -0.1) is 0 Å². The molecule has 13 heteroatoms. The fourth-order valence-corrected chi connectivity index (χ4v) is 8.89. The van der Waals surface area contributed by atoms with Crippen LogP contribution >= 0.6 is 0 Å². The number of pyridine rings is 2. The SMILES string of the molecule is Cc1cc2c(N3CCN(C)c4ccc(C#N)cc43)nc(C3CCN(CC4CCN(c5ccc(NC6CCC(=O)NC6=O)cc5F)CC4)CC3)cc2n(C)c1=O. The lowest BCUT2D eigenvalue weighted by Gasteiger charge is -2.39. The van der Waals surface area contributed by atoms with Gasteiger partial charge in [-0.2, -0.15) is 5.26 Å². The molecule has 55 heavy (non-hydrogen) atoms. The normalized spacial score (nSPS) is 20.1. The molecule has 0 spiro atoms. The van der Waals surface area contributed by atoms with E-state index in [9.17, 15) is 19.6 Å². The highest BCUT2D eigenvalue weighted by atomic mass is 19.1. The molecule has 3 saturated heterocycles. The van der Waals surface area contributed by atoms with Crippen molar-refractivity contribution in [2.75, 3.05) is 72.9 Å². The van der Waals surface area contributed by atoms with Gasteiger partial charge in [0.05, 0.1) is 34.2 Å². The Labute approximate surface area is 320 Å². The second-order valence-corrected chi connectivity index (χ2v) is 15.7. The van der Waals surface area contributed by atoms with Crippen LogP contribution in [0.25, 0.3) is 10.9 Å². The topological polar surface area (TPSA) is 130 Å². The average molecular weight is 746 g/mol. The molecule has 4 aliphatic rings. The first kappa shape index (κ1) is 36.5. The van der Waals surface area contributed by atoms with Gasteiger partial charge in [-0.25, -0.2) is 9.37 Å². The third-order valence-electron chi connectivity index (χ3n) is 12.1. The summed E-state index contributed by atoms with van der Waals surface area (Å²) in [5.41, 5.74) is 6.25. The Balaban J connectivity index is 0.924. The molecule has 0 radical (unpaired) electrons. The molecule has 0 bridgehead atoms. The number of nitrogens with zero attached hydrogens (tertiary/aromatic N) is 7. The van der Waals surface area contributed by atoms with Crippen LogP contribution in [0.4, 0.5) is 33.0 Å². The molecular formula is C42H48FN9O3. The number of amides is 2. The number of anilines is 5. The number of aryl methyl sites for hydroxylation is 2. The van der Waals surface area contributed by atoms with Crippen molar-refractivity contribution in [1.29, 1.82) is 5.26 Å². The number of carbonyl (C=O) groups is 2. The summed E-state index contributed by atoms with van der Waals surface area (Å²) >= 11 is 0. The molecule has 2 N–H and O–H groups in total. The molecule has 3 fully saturated rings. The molecule has 1 atom stereocenters. The number of rotatable bonds is 7. The zero-order valence-electron chi connectivity index (χ0n) is 31.8. The molecule has 286 valence electrons. The van der Waals surface area contributed by atoms with Crippen LogP contribution in [0, 0.1) is 30.0 Å². The van der Waals surface area contributed by atoms with E-state index < -0.39 is 6.04 Å². The molecule has 4 aliphatic heterocycles. The predicted molar refractivity (Wildman–Crippen MR) is 213 cm³/mol. The number of piperidine rings is 3. The maximum atomic E-state index is 15.3. The van der Waals surface area contributed by atoms with Gasteiger partial charge in [0, 0.05) is 81.5 Å². The number of imide groups is 1. The Kier molecular flexibility index (Phi) is 9.94. The molecule has 2 aromatic carbocycles. The van der Waals surface area contributed by atoms with Gasteiger partial charge in [0.25, 0.3) is 5.56 Å². The highest BCUT2D eigenvalue weighted by molar-refractivity contribution is 6.01. The maximum Gasteiger partial charge on any atom is 0.253 e. The summed E-state index contributed by atoms with van der Waals surface area (Å²) < 4.78 is 17.1. The Bertz CT molecular complexity index is 2250. The van der Waals surface area contributed by atoms with E-state index in [4.69, 9.17) is 4.98 Å². The fraction of sp³-hybridized carbons (Fsp3) is 0.452. The predicted octanol–water partition coefficient (Wildman–Crippen LogP) is 5.15. The largest absolute Gasteiger partial charge is 0.374 e. The minimum Gasteiger partial charge on any atom is -0.374 e. The molecule has 2 aromatic heterocycles. The summed E-state index contributed by atoms with van der Waals surface area (Å²) in [5, 5.41) is 16.1. The number of likely N-dealkylation sites (N-methyl/N-ethyl adjacent to an activating group) is 1. The highest BCUT2D eigenvalue weighted by Gasteiger charge is 2.31. The molecular weight excluding hydrogens is 698 g/mol. The molecule has 2 amide bonds. The number of nitrogens with one attached hydrogen (secondary N) is 2. The number of nitriles is 1. The van der Waals surface area contributed by atoms with Gasteiger partial charge in [0.1, 0.15) is 17.7 Å². The third kappa shape index (κ3) is 7.23. The van der Waals surface area contributed by atoms with Gasteiger partial charge in [-0.3, -0.25) is 19.7 Å². The smallest absolute Gasteiger partial charge is 0.253 e. The first-order valence-corrected chi connectivity index (χ1v) is 19.5. The van der Waals surface area contributed by atoms with Gasteiger partial charge >= 0.3 is 0 Å². The van der Waals surface area contributed by atoms with Crippen molar-refractivity contribution in [3.63, 3.8) is 0 Å². The van der Waals surface area contributed by atoms with Gasteiger partial charge in [-0.05, 0) is 107 Å². The molecule has 4 aromatic rings. The van der Waals surface area contributed by atoms with Gasteiger partial charge in [0.2, 0.25) is 11.8 Å². The van der Waals surface area contributed by atoms with Crippen LogP contribution in [0.2, 0.25) is 0 Å². The van der Waals surface area contributed by atoms with E-state index in [-0.39, 0.29) is 35.5 Å². The number of hydrogen-bond acceptors (Lipinski definition) is 10. The van der Waals surface area contributed by atoms with Gasteiger partial charge in [-0.1, -0.05) is 0 Å². The lowest BCUT2D eigenvalue weighted by molar-refractivity contribution is -0.133. The molecule has 8 rings (SSSR count). The van der Waals surface area contributed by atoms with Crippen molar-refractivity contribution in [3.8, 4) is 6.07 Å². The number of hydrogen-bond donors (Lipinski definition) is 2. The van der Waals surface area contributed by atoms with E-state index in [1.54, 1.807) is 16.7 Å². The Morgan fingerprint density at radius 1 is 0.891 bits per heavy atom. The summed E-state index contributed by atoms with van der Waals surface area (Å²) in [5.74, 6) is 0.650. The standard InChI is InChI=1S/C42H48FN9O3/c1-26-20-31-37(49(3)42(26)55)23-34(46-40(31)52-19-18-48(2)36-7-4-28(24-44)21-38(36)52)29-12-14-50(15-13-29)25-27-10-16-51(17-11-27)35-8-5-30(22-32(35)43)45-33-6-9-39(53)47-41(33)54/h4-5,7-8,20-23,27,29,33,45H,6,9-19,25H2,1-3H3,(H,47,53,54). The van der Waals surface area contributed by atoms with Crippen LogP contribution < -0.4 is 30.9 Å². The lowest BCUT2D eigenvalue weighted by atomic mass is 9.90. The maximum absolute atomic E-state index is 15.3. The lowest BCUT2D eigenvalue weighted by Crippen LogP contribution is -2.47. The Hall–Kier alpha value is -5.48. The van der Waals surface area contributed by atoms with Crippen LogP contribution in [0.15, 0.2) is 53.3 Å². The zero-order chi connectivity index (χ0) is 38.4. The summed E-state index contributed by atoms with van der Waals surface area (Å²) in [4.78, 5) is 51.3. The van der Waals surface area contributed by atoms with Crippen LogP contribution in [-0.4, -0.2) is 85.2 Å². The molecule has 1 unspecified atom stereocenters. The minimum absolute atomic E-state index is 0.0106. The highest BCUT2D eigenvalue weighted by Crippen LogP contribution is 2.41. The van der Waals surface area contributed by atoms with E-state index in [1.807, 2.05) is 38.2 Å². The summed E-state index contributed by atoms with van der Waals surface area (Å²) in [6.45, 7) is 7.88. The second-order valence-electron chi connectivity index (χ2n) is 15.7. The van der Waals surface area contributed by atoms with Crippen LogP contribution in [0.5, 0.6) is 0 Å². The van der Waals surface area contributed by atoms with Gasteiger partial charge in [0.15, 0.2) is 0 Å². The van der Waals surface area contributed by atoms with Crippen molar-refractivity contribution in [1.82, 2.24) is 19.8 Å². The molecule has 0 saturated carbocycles. The first-order chi connectivity index (χ1) is 26.6. The van der Waals surface area contributed by atoms with E-state index >= 15 is 4.39 Å². The van der Waals surface area contributed by atoms with Crippen molar-refractivity contribution in [2.45, 2.75) is 57.4 Å². The quantitative estimate of drug-likeness (QED) is 0.245. The van der Waals surface area contributed by atoms with Crippen molar-refractivity contribution in [3.05, 3.63) is 81.5 Å². The van der Waals surface area contributed by atoms with Crippen molar-refractivity contribution >= 4 is 51.3 Å². The summed E-state index contributed by atoms with van der Waals surface area (Å²) in [6.07, 6.45) is 4.57. The second kappa shape index (κ2) is 15.0. The van der Waals surface area contributed by atoms with E-state index in [0.717, 1.165) is 98.7 Å². The molecule has 12 nitrogen and oxygen atoms in total. The van der Waals surface area contributed by atoms with Crippen LogP contribution in [0.3, 0.4) is 0 Å². The van der Waals surface area contributed by atoms with Crippen LogP contribution in [0.1, 0.15) is 61.3 Å². The number of aromatic nitrogens is 2. The summed E-state index contributed by atoms with van der Waals surface area (Å²) in [6, 6.07) is 16.7. The monoisotopic (exact) mass is 745 g/mol. The zero-order valence-corrected chi connectivity index (χ0v) is 31.8. The molecule has 6 heterocycles. The Morgan fingerprint density at radius 3 is 2.38 bits per heavy atom. The number of fused-ring (bicyclic) bond motifs is 2. The number of halogens is 1. The minimum atomic E-state index is -0.551. The number of likely N-dealkylation sites (tertiary alicyclic amines) is 1. The summed E-state index contributed by atoms with van der Waals surface area (Å²) in [7, 11) is 3.91. The van der Waals surface area contributed by atoms with Crippen molar-refractivity contribution < 1.29 is 14.0 Å². The van der Waals surface area contributed by atoms with E-state index in [0.29, 0.717) is 41.4 Å². The first-order valence-electron chi connectivity index (χ1n) is 19.5. The molecule has 0 aliphatic carbocycles. The average Bonchev–Trinajstić information content (AvgIpc) is 3.19. The van der Waals surface area contributed by atoms with Crippen LogP contribution in [-0.2, 0) is 16.6 Å². The fourth-order valence-electron chi connectivity index (χ4n) is 8.89. The third-order valence-corrected chi connectivity index (χ3v) is 12.1. The number of carbonyl (C=O) groups excluding carboxylic acids is 2. The van der Waals surface area contributed by atoms with E-state index in [1.165, 1.54) is 6.07 Å². The Morgan fingerprint density at radius 2 is 1.65 bits per heavy atom. The van der Waals surface area contributed by atoms with E-state index in [2.05, 4.69) is 49.4 Å². The number of benzene rings is 2. The van der Waals surface area contributed by atoms with Gasteiger partial charge < -0.3 is 29.5 Å².